The molecule has 0 saturated carbocycles. The van der Waals surface area contributed by atoms with E-state index in [9.17, 15) is 0 Å². The van der Waals surface area contributed by atoms with Gasteiger partial charge in [-0.25, -0.2) is 0 Å². The molecule has 0 radical (unpaired) electrons. The first kappa shape index (κ1) is 25.6. The third-order valence-corrected chi connectivity index (χ3v) is 7.94. The van der Waals surface area contributed by atoms with Crippen LogP contribution in [0.2, 0.25) is 0 Å². The lowest BCUT2D eigenvalue weighted by Gasteiger charge is -2.18. The fourth-order valence-electron chi connectivity index (χ4n) is 5.90. The predicted molar refractivity (Wildman–Crippen MR) is 176 cm³/mol. The summed E-state index contributed by atoms with van der Waals surface area (Å²) in [4.78, 5) is 9.46. The molecule has 0 atom stereocenters. The molecule has 0 saturated heterocycles. The van der Waals surface area contributed by atoms with Crippen molar-refractivity contribution in [1.82, 2.24) is 9.97 Å². The van der Waals surface area contributed by atoms with E-state index < -0.39 is 0 Å². The summed E-state index contributed by atoms with van der Waals surface area (Å²) >= 11 is 0. The van der Waals surface area contributed by atoms with Crippen LogP contribution >= 0.6 is 0 Å². The van der Waals surface area contributed by atoms with E-state index in [1.807, 2.05) is 24.7 Å². The van der Waals surface area contributed by atoms with E-state index in [-0.39, 0.29) is 0 Å². The Balaban J connectivity index is 1.51. The molecule has 0 aliphatic heterocycles. The zero-order valence-electron chi connectivity index (χ0n) is 23.8. The Morgan fingerprint density at radius 1 is 0.429 bits per heavy atom. The highest BCUT2D eigenvalue weighted by atomic mass is 14.7. The Labute approximate surface area is 247 Å². The summed E-state index contributed by atoms with van der Waals surface area (Å²) in [6.07, 6.45) is 5.91. The molecule has 0 aliphatic carbocycles. The Morgan fingerprint density at radius 3 is 1.83 bits per heavy atom. The SMILES string of the molecule is Cc1ccnc(-c2cccc(-c3ccc(-c4ccc(C)cc4-c4ccccc4)c4cncc(-c5ccccc5)c34)c2)c1. The normalized spacial score (nSPS) is 11.1. The van der Waals surface area contributed by atoms with Crippen LogP contribution in [0.1, 0.15) is 11.1 Å². The molecule has 2 nitrogen and oxygen atoms in total. The van der Waals surface area contributed by atoms with Crippen LogP contribution in [0.5, 0.6) is 0 Å². The Bertz CT molecular complexity index is 2040. The van der Waals surface area contributed by atoms with Gasteiger partial charge in [-0.15, -0.1) is 0 Å². The molecule has 2 heteroatoms. The van der Waals surface area contributed by atoms with Crippen molar-refractivity contribution in [3.63, 3.8) is 0 Å². The van der Waals surface area contributed by atoms with Crippen LogP contribution in [0.4, 0.5) is 0 Å². The monoisotopic (exact) mass is 538 g/mol. The highest BCUT2D eigenvalue weighted by Gasteiger charge is 2.17. The molecule has 7 rings (SSSR count). The Morgan fingerprint density at radius 2 is 1.07 bits per heavy atom. The van der Waals surface area contributed by atoms with Crippen LogP contribution < -0.4 is 0 Å². The first-order valence-electron chi connectivity index (χ1n) is 14.3. The fourth-order valence-corrected chi connectivity index (χ4v) is 5.90. The summed E-state index contributed by atoms with van der Waals surface area (Å²) in [6.45, 7) is 4.26. The molecular formula is C40H30N2. The van der Waals surface area contributed by atoms with Crippen LogP contribution in [0, 0.1) is 13.8 Å². The molecule has 5 aromatic carbocycles. The van der Waals surface area contributed by atoms with E-state index >= 15 is 0 Å². The average molecular weight is 539 g/mol. The van der Waals surface area contributed by atoms with Gasteiger partial charge in [0.1, 0.15) is 0 Å². The summed E-state index contributed by atoms with van der Waals surface area (Å²) in [5, 5.41) is 2.33. The summed E-state index contributed by atoms with van der Waals surface area (Å²) in [5.41, 5.74) is 13.9. The molecule has 0 unspecified atom stereocenters. The number of nitrogens with zero attached hydrogens (tertiary/aromatic N) is 2. The lowest BCUT2D eigenvalue weighted by Crippen LogP contribution is -1.93. The Kier molecular flexibility index (Phi) is 6.65. The van der Waals surface area contributed by atoms with Gasteiger partial charge in [0, 0.05) is 40.5 Å². The van der Waals surface area contributed by atoms with E-state index in [0.29, 0.717) is 0 Å². The quantitative estimate of drug-likeness (QED) is 0.218. The topological polar surface area (TPSA) is 25.8 Å². The highest BCUT2D eigenvalue weighted by Crippen LogP contribution is 2.43. The lowest BCUT2D eigenvalue weighted by molar-refractivity contribution is 1.29. The van der Waals surface area contributed by atoms with Crippen molar-refractivity contribution < 1.29 is 0 Å². The fraction of sp³-hybridized carbons (Fsp3) is 0.0500. The van der Waals surface area contributed by atoms with Crippen LogP contribution in [0.25, 0.3) is 66.5 Å². The molecule has 0 amide bonds. The lowest BCUT2D eigenvalue weighted by atomic mass is 9.86. The molecule has 0 N–H and O–H groups in total. The van der Waals surface area contributed by atoms with Crippen molar-refractivity contribution in [2.24, 2.45) is 0 Å². The Hall–Kier alpha value is -5.34. The summed E-state index contributed by atoms with van der Waals surface area (Å²) < 4.78 is 0. The number of hydrogen-bond donors (Lipinski definition) is 0. The van der Waals surface area contributed by atoms with Gasteiger partial charge in [0.05, 0.1) is 5.69 Å². The zero-order chi connectivity index (χ0) is 28.5. The first-order chi connectivity index (χ1) is 20.7. The number of benzene rings is 5. The number of aromatic nitrogens is 2. The minimum absolute atomic E-state index is 0.981. The van der Waals surface area contributed by atoms with E-state index in [1.165, 1.54) is 44.3 Å². The number of hydrogen-bond acceptors (Lipinski definition) is 2. The number of rotatable bonds is 5. The van der Waals surface area contributed by atoms with Crippen molar-refractivity contribution in [2.75, 3.05) is 0 Å². The highest BCUT2D eigenvalue weighted by molar-refractivity contribution is 6.12. The van der Waals surface area contributed by atoms with Crippen molar-refractivity contribution in [3.05, 3.63) is 157 Å². The summed E-state index contributed by atoms with van der Waals surface area (Å²) in [5.74, 6) is 0. The minimum atomic E-state index is 0.981. The van der Waals surface area contributed by atoms with Gasteiger partial charge in [-0.05, 0) is 76.6 Å². The molecular weight excluding hydrogens is 508 g/mol. The maximum absolute atomic E-state index is 4.79. The van der Waals surface area contributed by atoms with Gasteiger partial charge < -0.3 is 0 Å². The number of fused-ring (bicyclic) bond motifs is 1. The second-order valence-corrected chi connectivity index (χ2v) is 10.9. The molecule has 7 aromatic rings. The minimum Gasteiger partial charge on any atom is -0.263 e. The van der Waals surface area contributed by atoms with Gasteiger partial charge in [-0.3, -0.25) is 9.97 Å². The second-order valence-electron chi connectivity index (χ2n) is 10.9. The molecule has 0 fully saturated rings. The van der Waals surface area contributed by atoms with Gasteiger partial charge in [-0.2, -0.15) is 0 Å². The molecule has 0 bridgehead atoms. The van der Waals surface area contributed by atoms with Crippen LogP contribution in [-0.2, 0) is 0 Å². The largest absolute Gasteiger partial charge is 0.263 e. The predicted octanol–water partition coefficient (Wildman–Crippen LogP) is 10.6. The number of aryl methyl sites for hydroxylation is 2. The standard InChI is InChI=1S/C40H30N2/c1-27-16-17-34(36(22-27)29-10-5-3-6-11-29)35-19-18-33(31-14-9-15-32(24-31)39-23-28(2)20-21-42-39)40-37(25-41-26-38(35)40)30-12-7-4-8-13-30/h3-26H,1-2H3. The number of pyridine rings is 2. The molecule has 2 aromatic heterocycles. The van der Waals surface area contributed by atoms with Crippen molar-refractivity contribution in [2.45, 2.75) is 13.8 Å². The van der Waals surface area contributed by atoms with Gasteiger partial charge in [0.25, 0.3) is 0 Å². The zero-order valence-corrected chi connectivity index (χ0v) is 23.8. The van der Waals surface area contributed by atoms with Crippen molar-refractivity contribution in [1.29, 1.82) is 0 Å². The van der Waals surface area contributed by atoms with E-state index in [4.69, 9.17) is 4.98 Å². The first-order valence-corrected chi connectivity index (χ1v) is 14.3. The van der Waals surface area contributed by atoms with Crippen molar-refractivity contribution >= 4 is 10.8 Å². The molecule has 2 heterocycles. The van der Waals surface area contributed by atoms with E-state index in [1.54, 1.807) is 0 Å². The van der Waals surface area contributed by atoms with Gasteiger partial charge in [-0.1, -0.05) is 115 Å². The van der Waals surface area contributed by atoms with Gasteiger partial charge >= 0.3 is 0 Å². The summed E-state index contributed by atoms with van der Waals surface area (Å²) in [7, 11) is 0. The maximum Gasteiger partial charge on any atom is 0.0704 e. The second kappa shape index (κ2) is 10.9. The molecule has 42 heavy (non-hydrogen) atoms. The van der Waals surface area contributed by atoms with Crippen molar-refractivity contribution in [3.8, 4) is 55.8 Å². The third-order valence-electron chi connectivity index (χ3n) is 7.94. The molecule has 200 valence electrons. The molecule has 0 aliphatic rings. The molecule has 0 spiro atoms. The average Bonchev–Trinajstić information content (AvgIpc) is 3.05. The van der Waals surface area contributed by atoms with Gasteiger partial charge in [0.15, 0.2) is 0 Å². The van der Waals surface area contributed by atoms with Crippen LogP contribution in [-0.4, -0.2) is 9.97 Å². The van der Waals surface area contributed by atoms with E-state index in [2.05, 4.69) is 140 Å². The smallest absolute Gasteiger partial charge is 0.0704 e. The van der Waals surface area contributed by atoms with E-state index in [0.717, 1.165) is 33.3 Å². The maximum atomic E-state index is 4.79. The summed E-state index contributed by atoms with van der Waals surface area (Å²) in [6, 6.07) is 45.4. The van der Waals surface area contributed by atoms with Crippen LogP contribution in [0.15, 0.2) is 146 Å². The van der Waals surface area contributed by atoms with Crippen LogP contribution in [0.3, 0.4) is 0 Å². The van der Waals surface area contributed by atoms with Gasteiger partial charge in [0.2, 0.25) is 0 Å². The third kappa shape index (κ3) is 4.78.